The molecule has 0 aliphatic carbocycles. The smallest absolute Gasteiger partial charge is 0.121 e. The SMILES string of the molecule is ClCc1ncc(-c2ccccc2)[nH]1. The predicted octanol–water partition coefficient (Wildman–Crippen LogP) is 2.82. The van der Waals surface area contributed by atoms with Gasteiger partial charge in [0.2, 0.25) is 0 Å². The lowest BCUT2D eigenvalue weighted by Crippen LogP contribution is -1.80. The predicted molar refractivity (Wildman–Crippen MR) is 53.6 cm³/mol. The van der Waals surface area contributed by atoms with Gasteiger partial charge in [-0.25, -0.2) is 4.98 Å². The third-order valence-electron chi connectivity index (χ3n) is 1.84. The number of halogens is 1. The lowest BCUT2D eigenvalue weighted by Gasteiger charge is -1.94. The van der Waals surface area contributed by atoms with Crippen molar-refractivity contribution in [1.29, 1.82) is 0 Å². The van der Waals surface area contributed by atoms with Gasteiger partial charge in [-0.1, -0.05) is 30.3 Å². The van der Waals surface area contributed by atoms with E-state index >= 15 is 0 Å². The van der Waals surface area contributed by atoms with Crippen LogP contribution in [0.4, 0.5) is 0 Å². The zero-order valence-corrected chi connectivity index (χ0v) is 7.75. The number of aromatic amines is 1. The van der Waals surface area contributed by atoms with Crippen LogP contribution < -0.4 is 0 Å². The number of imidazole rings is 1. The van der Waals surface area contributed by atoms with Gasteiger partial charge in [0, 0.05) is 0 Å². The van der Waals surface area contributed by atoms with E-state index in [2.05, 4.69) is 9.97 Å². The first-order valence-corrected chi connectivity index (χ1v) is 4.59. The van der Waals surface area contributed by atoms with Crippen molar-refractivity contribution >= 4 is 11.6 Å². The van der Waals surface area contributed by atoms with Gasteiger partial charge in [-0.2, -0.15) is 0 Å². The van der Waals surface area contributed by atoms with Crippen molar-refractivity contribution in [3.63, 3.8) is 0 Å². The summed E-state index contributed by atoms with van der Waals surface area (Å²) in [5.41, 5.74) is 2.14. The van der Waals surface area contributed by atoms with Crippen molar-refractivity contribution in [2.75, 3.05) is 0 Å². The highest BCUT2D eigenvalue weighted by atomic mass is 35.5. The van der Waals surface area contributed by atoms with Crippen molar-refractivity contribution in [2.24, 2.45) is 0 Å². The summed E-state index contributed by atoms with van der Waals surface area (Å²) in [7, 11) is 0. The van der Waals surface area contributed by atoms with Gasteiger partial charge in [0.05, 0.1) is 17.8 Å². The topological polar surface area (TPSA) is 28.7 Å². The lowest BCUT2D eigenvalue weighted by atomic mass is 10.2. The Hall–Kier alpha value is -1.28. The Labute approximate surface area is 81.6 Å². The minimum Gasteiger partial charge on any atom is -0.341 e. The molecule has 1 aromatic carbocycles. The molecule has 0 atom stereocenters. The highest BCUT2D eigenvalue weighted by Gasteiger charge is 2.00. The van der Waals surface area contributed by atoms with Crippen molar-refractivity contribution < 1.29 is 0 Å². The summed E-state index contributed by atoms with van der Waals surface area (Å²) < 4.78 is 0. The molecule has 1 heterocycles. The van der Waals surface area contributed by atoms with Crippen LogP contribution in [-0.4, -0.2) is 9.97 Å². The second-order valence-corrected chi connectivity index (χ2v) is 3.01. The fourth-order valence-corrected chi connectivity index (χ4v) is 1.33. The summed E-state index contributed by atoms with van der Waals surface area (Å²) in [6.45, 7) is 0. The second-order valence-electron chi connectivity index (χ2n) is 2.74. The van der Waals surface area contributed by atoms with Gasteiger partial charge in [0.1, 0.15) is 5.82 Å². The molecule has 1 N–H and O–H groups in total. The van der Waals surface area contributed by atoms with Gasteiger partial charge in [0.25, 0.3) is 0 Å². The van der Waals surface area contributed by atoms with Gasteiger partial charge in [0.15, 0.2) is 0 Å². The molecule has 66 valence electrons. The zero-order chi connectivity index (χ0) is 9.10. The van der Waals surface area contributed by atoms with Crippen molar-refractivity contribution in [2.45, 2.75) is 5.88 Å². The first-order chi connectivity index (χ1) is 6.40. The van der Waals surface area contributed by atoms with Gasteiger partial charge >= 0.3 is 0 Å². The third-order valence-corrected chi connectivity index (χ3v) is 2.09. The number of rotatable bonds is 2. The Morgan fingerprint density at radius 3 is 2.62 bits per heavy atom. The van der Waals surface area contributed by atoms with Crippen LogP contribution in [0, 0.1) is 0 Å². The first-order valence-electron chi connectivity index (χ1n) is 4.05. The molecule has 0 aliphatic heterocycles. The van der Waals surface area contributed by atoms with Gasteiger partial charge in [-0.15, -0.1) is 11.6 Å². The van der Waals surface area contributed by atoms with E-state index in [4.69, 9.17) is 11.6 Å². The monoisotopic (exact) mass is 192 g/mol. The Morgan fingerprint density at radius 1 is 1.23 bits per heavy atom. The molecule has 0 unspecified atom stereocenters. The normalized spacial score (nSPS) is 10.2. The van der Waals surface area contributed by atoms with Crippen LogP contribution >= 0.6 is 11.6 Å². The van der Waals surface area contributed by atoms with Crippen LogP contribution in [0.1, 0.15) is 5.82 Å². The highest BCUT2D eigenvalue weighted by Crippen LogP contribution is 2.16. The van der Waals surface area contributed by atoms with Crippen LogP contribution in [0.3, 0.4) is 0 Å². The second kappa shape index (κ2) is 3.62. The van der Waals surface area contributed by atoms with Crippen molar-refractivity contribution in [3.8, 4) is 11.3 Å². The molecule has 0 radical (unpaired) electrons. The fourth-order valence-electron chi connectivity index (χ4n) is 1.19. The maximum atomic E-state index is 5.63. The average Bonchev–Trinajstić information content (AvgIpc) is 2.67. The highest BCUT2D eigenvalue weighted by molar-refractivity contribution is 6.16. The molecule has 1 aromatic heterocycles. The van der Waals surface area contributed by atoms with Crippen LogP contribution in [0.5, 0.6) is 0 Å². The largest absolute Gasteiger partial charge is 0.341 e. The summed E-state index contributed by atoms with van der Waals surface area (Å²) >= 11 is 5.63. The van der Waals surface area contributed by atoms with Crippen LogP contribution in [0.25, 0.3) is 11.3 Å². The third kappa shape index (κ3) is 1.73. The molecule has 2 aromatic rings. The number of aromatic nitrogens is 2. The van der Waals surface area contributed by atoms with E-state index in [0.29, 0.717) is 5.88 Å². The summed E-state index contributed by atoms with van der Waals surface area (Å²) in [5.74, 6) is 1.23. The maximum absolute atomic E-state index is 5.63. The summed E-state index contributed by atoms with van der Waals surface area (Å²) in [4.78, 5) is 7.26. The Kier molecular flexibility index (Phi) is 2.32. The minimum atomic E-state index is 0.423. The molecule has 0 bridgehead atoms. The van der Waals surface area contributed by atoms with Crippen LogP contribution in [-0.2, 0) is 5.88 Å². The minimum absolute atomic E-state index is 0.423. The van der Waals surface area contributed by atoms with E-state index in [1.54, 1.807) is 6.20 Å². The van der Waals surface area contributed by atoms with Gasteiger partial charge in [-0.3, -0.25) is 0 Å². The van der Waals surface area contributed by atoms with Crippen molar-refractivity contribution in [1.82, 2.24) is 9.97 Å². The molecular weight excluding hydrogens is 184 g/mol. The van der Waals surface area contributed by atoms with Crippen LogP contribution in [0.15, 0.2) is 36.5 Å². The molecular formula is C10H9ClN2. The molecule has 13 heavy (non-hydrogen) atoms. The Balaban J connectivity index is 2.36. The number of nitrogens with zero attached hydrogens (tertiary/aromatic N) is 1. The van der Waals surface area contributed by atoms with Crippen molar-refractivity contribution in [3.05, 3.63) is 42.4 Å². The standard InChI is InChI=1S/C10H9ClN2/c11-6-10-12-7-9(13-10)8-4-2-1-3-5-8/h1-5,7H,6H2,(H,12,13). The van der Waals surface area contributed by atoms with E-state index in [0.717, 1.165) is 17.1 Å². The van der Waals surface area contributed by atoms with E-state index in [-0.39, 0.29) is 0 Å². The Morgan fingerprint density at radius 2 is 2.00 bits per heavy atom. The molecule has 0 fully saturated rings. The van der Waals surface area contributed by atoms with E-state index in [1.807, 2.05) is 30.3 Å². The lowest BCUT2D eigenvalue weighted by molar-refractivity contribution is 1.12. The van der Waals surface area contributed by atoms with Gasteiger partial charge in [-0.05, 0) is 5.56 Å². The number of hydrogen-bond acceptors (Lipinski definition) is 1. The fraction of sp³-hybridized carbons (Fsp3) is 0.100. The van der Waals surface area contributed by atoms with E-state index in [9.17, 15) is 0 Å². The number of nitrogens with one attached hydrogen (secondary N) is 1. The molecule has 0 saturated heterocycles. The molecule has 0 aliphatic rings. The van der Waals surface area contributed by atoms with E-state index < -0.39 is 0 Å². The molecule has 2 rings (SSSR count). The number of hydrogen-bond donors (Lipinski definition) is 1. The van der Waals surface area contributed by atoms with Crippen LogP contribution in [0.2, 0.25) is 0 Å². The molecule has 0 saturated carbocycles. The maximum Gasteiger partial charge on any atom is 0.121 e. The summed E-state index contributed by atoms with van der Waals surface area (Å²) in [6, 6.07) is 10.0. The first kappa shape index (κ1) is 8.32. The quantitative estimate of drug-likeness (QED) is 0.729. The van der Waals surface area contributed by atoms with E-state index in [1.165, 1.54) is 0 Å². The molecule has 3 heteroatoms. The Bertz CT molecular complexity index is 381. The number of H-pyrrole nitrogens is 1. The summed E-state index contributed by atoms with van der Waals surface area (Å²) in [5, 5.41) is 0. The molecule has 0 spiro atoms. The number of benzene rings is 1. The molecule has 0 amide bonds. The number of alkyl halides is 1. The average molecular weight is 193 g/mol. The molecule has 2 nitrogen and oxygen atoms in total. The zero-order valence-electron chi connectivity index (χ0n) is 7.00. The van der Waals surface area contributed by atoms with Gasteiger partial charge < -0.3 is 4.98 Å². The summed E-state index contributed by atoms with van der Waals surface area (Å²) in [6.07, 6.45) is 1.80.